The summed E-state index contributed by atoms with van der Waals surface area (Å²) in [5, 5.41) is 3.20. The van der Waals surface area contributed by atoms with E-state index in [0.29, 0.717) is 24.0 Å². The minimum atomic E-state index is -3.71. The van der Waals surface area contributed by atoms with Crippen LogP contribution in [0.25, 0.3) is 0 Å². The molecule has 0 spiro atoms. The maximum atomic E-state index is 12.3. The molecule has 112 valence electrons. The second-order valence-corrected chi connectivity index (χ2v) is 6.79. The monoisotopic (exact) mass is 307 g/mol. The number of anilines is 1. The summed E-state index contributed by atoms with van der Waals surface area (Å²) >= 11 is 0. The summed E-state index contributed by atoms with van der Waals surface area (Å²) in [6.45, 7) is 2.34. The Morgan fingerprint density at radius 3 is 2.86 bits per heavy atom. The fourth-order valence-electron chi connectivity index (χ4n) is 1.91. The predicted molar refractivity (Wildman–Crippen MR) is 78.4 cm³/mol. The summed E-state index contributed by atoms with van der Waals surface area (Å²) in [6.07, 6.45) is 5.49. The highest BCUT2D eigenvalue weighted by Crippen LogP contribution is 2.22. The van der Waals surface area contributed by atoms with Crippen molar-refractivity contribution in [1.29, 1.82) is 0 Å². The fourth-order valence-corrected chi connectivity index (χ4v) is 3.00. The van der Waals surface area contributed by atoms with E-state index in [-0.39, 0.29) is 5.09 Å². The number of aromatic nitrogens is 1. The predicted octanol–water partition coefficient (Wildman–Crippen LogP) is 2.04. The number of pyridine rings is 1. The average molecular weight is 307 g/mol. The zero-order valence-electron chi connectivity index (χ0n) is 11.7. The van der Waals surface area contributed by atoms with Gasteiger partial charge in [0, 0.05) is 18.4 Å². The van der Waals surface area contributed by atoms with Gasteiger partial charge in [-0.25, -0.2) is 0 Å². The quantitative estimate of drug-likeness (QED) is 0.853. The van der Waals surface area contributed by atoms with Gasteiger partial charge in [0.25, 0.3) is 10.0 Å². The van der Waals surface area contributed by atoms with E-state index in [9.17, 15) is 8.42 Å². The molecule has 2 aromatic heterocycles. The highest BCUT2D eigenvalue weighted by Gasteiger charge is 2.22. The molecule has 3 rings (SSSR count). The Labute approximate surface area is 123 Å². The van der Waals surface area contributed by atoms with Crippen molar-refractivity contribution in [2.24, 2.45) is 0 Å². The van der Waals surface area contributed by atoms with Gasteiger partial charge in [0.1, 0.15) is 5.76 Å². The maximum absolute atomic E-state index is 12.3. The van der Waals surface area contributed by atoms with Crippen LogP contribution in [-0.2, 0) is 16.6 Å². The summed E-state index contributed by atoms with van der Waals surface area (Å²) in [5.41, 5.74) is 1.25. The topological polar surface area (TPSA) is 84.2 Å². The van der Waals surface area contributed by atoms with Gasteiger partial charge >= 0.3 is 0 Å². The van der Waals surface area contributed by atoms with E-state index < -0.39 is 10.0 Å². The van der Waals surface area contributed by atoms with Crippen LogP contribution < -0.4 is 10.0 Å². The van der Waals surface area contributed by atoms with E-state index in [4.69, 9.17) is 4.42 Å². The van der Waals surface area contributed by atoms with E-state index in [0.717, 1.165) is 5.56 Å². The molecule has 0 amide bonds. The molecule has 0 aliphatic heterocycles. The highest BCUT2D eigenvalue weighted by atomic mass is 32.2. The number of nitrogens with one attached hydrogen (secondary N) is 2. The normalized spacial score (nSPS) is 15.1. The van der Waals surface area contributed by atoms with Gasteiger partial charge in [-0.3, -0.25) is 9.71 Å². The van der Waals surface area contributed by atoms with E-state index >= 15 is 0 Å². The van der Waals surface area contributed by atoms with E-state index in [1.54, 1.807) is 25.3 Å². The fraction of sp³-hybridized carbons (Fsp3) is 0.357. The van der Waals surface area contributed by atoms with Crippen molar-refractivity contribution in [3.63, 3.8) is 0 Å². The Morgan fingerprint density at radius 1 is 1.33 bits per heavy atom. The first kappa shape index (κ1) is 14.1. The van der Waals surface area contributed by atoms with Gasteiger partial charge in [0.05, 0.1) is 12.2 Å². The van der Waals surface area contributed by atoms with Gasteiger partial charge in [-0.15, -0.1) is 0 Å². The molecule has 0 bridgehead atoms. The number of nitrogens with zero attached hydrogens (tertiary/aromatic N) is 1. The largest absolute Gasteiger partial charge is 0.446 e. The van der Waals surface area contributed by atoms with Crippen LogP contribution in [0.3, 0.4) is 0 Å². The summed E-state index contributed by atoms with van der Waals surface area (Å²) in [7, 11) is -3.71. The minimum absolute atomic E-state index is 0.0775. The number of hydrogen-bond donors (Lipinski definition) is 2. The molecule has 2 aromatic rings. The summed E-state index contributed by atoms with van der Waals surface area (Å²) in [4.78, 5) is 3.93. The second-order valence-electron chi connectivity index (χ2n) is 5.17. The lowest BCUT2D eigenvalue weighted by atomic mass is 10.3. The lowest BCUT2D eigenvalue weighted by Crippen LogP contribution is -2.15. The summed E-state index contributed by atoms with van der Waals surface area (Å²) in [6, 6.07) is 5.32. The Hall–Kier alpha value is -1.86. The molecule has 1 aliphatic carbocycles. The van der Waals surface area contributed by atoms with Crippen molar-refractivity contribution < 1.29 is 12.8 Å². The molecule has 0 aromatic carbocycles. The third-order valence-electron chi connectivity index (χ3n) is 3.31. The van der Waals surface area contributed by atoms with Crippen LogP contribution in [0.5, 0.6) is 0 Å². The van der Waals surface area contributed by atoms with Crippen LogP contribution in [0.2, 0.25) is 0 Å². The van der Waals surface area contributed by atoms with Crippen LogP contribution in [0.1, 0.15) is 24.2 Å². The zero-order valence-corrected chi connectivity index (χ0v) is 12.5. The highest BCUT2D eigenvalue weighted by molar-refractivity contribution is 7.92. The summed E-state index contributed by atoms with van der Waals surface area (Å²) < 4.78 is 32.5. The van der Waals surface area contributed by atoms with Crippen molar-refractivity contribution in [3.05, 3.63) is 41.9 Å². The van der Waals surface area contributed by atoms with Gasteiger partial charge < -0.3 is 9.73 Å². The minimum Gasteiger partial charge on any atom is -0.446 e. The molecule has 1 saturated carbocycles. The van der Waals surface area contributed by atoms with Crippen LogP contribution in [0.15, 0.2) is 40.1 Å². The molecular formula is C14H17N3O3S. The SMILES string of the molecule is Cc1cnccc1NS(=O)(=O)c1ccc(CNC2CC2)o1. The molecule has 0 radical (unpaired) electrons. The number of sulfonamides is 1. The van der Waals surface area contributed by atoms with Crippen LogP contribution in [-0.4, -0.2) is 19.4 Å². The Bertz CT molecular complexity index is 735. The van der Waals surface area contributed by atoms with E-state index in [2.05, 4.69) is 15.0 Å². The molecule has 2 N–H and O–H groups in total. The van der Waals surface area contributed by atoms with Gasteiger partial charge in [-0.05, 0) is 43.5 Å². The number of rotatable bonds is 6. The average Bonchev–Trinajstić information content (AvgIpc) is 3.15. The molecule has 1 aliphatic rings. The molecule has 6 nitrogen and oxygen atoms in total. The third kappa shape index (κ3) is 3.43. The lowest BCUT2D eigenvalue weighted by molar-refractivity contribution is 0.403. The van der Waals surface area contributed by atoms with E-state index in [1.165, 1.54) is 25.1 Å². The van der Waals surface area contributed by atoms with Crippen molar-refractivity contribution >= 4 is 15.7 Å². The van der Waals surface area contributed by atoms with Crippen LogP contribution >= 0.6 is 0 Å². The molecular weight excluding hydrogens is 290 g/mol. The van der Waals surface area contributed by atoms with Crippen molar-refractivity contribution in [1.82, 2.24) is 10.3 Å². The molecule has 21 heavy (non-hydrogen) atoms. The standard InChI is InChI=1S/C14H17N3O3S/c1-10-8-15-7-6-13(10)17-21(18,19)14-5-4-12(20-14)9-16-11-2-3-11/h4-8,11,16H,2-3,9H2,1H3,(H,15,17). The number of hydrogen-bond acceptors (Lipinski definition) is 5. The Kier molecular flexibility index (Phi) is 3.69. The molecule has 0 atom stereocenters. The van der Waals surface area contributed by atoms with E-state index in [1.807, 2.05) is 0 Å². The Balaban J connectivity index is 1.73. The smallest absolute Gasteiger partial charge is 0.295 e. The van der Waals surface area contributed by atoms with Gasteiger partial charge in [0.2, 0.25) is 5.09 Å². The molecule has 7 heteroatoms. The van der Waals surface area contributed by atoms with Crippen LogP contribution in [0.4, 0.5) is 5.69 Å². The Morgan fingerprint density at radius 2 is 2.14 bits per heavy atom. The second kappa shape index (κ2) is 5.50. The molecule has 0 saturated heterocycles. The van der Waals surface area contributed by atoms with Gasteiger partial charge in [-0.2, -0.15) is 8.42 Å². The maximum Gasteiger partial charge on any atom is 0.295 e. The van der Waals surface area contributed by atoms with Crippen molar-refractivity contribution in [2.45, 2.75) is 37.4 Å². The van der Waals surface area contributed by atoms with Crippen molar-refractivity contribution in [2.75, 3.05) is 4.72 Å². The molecule has 0 unspecified atom stereocenters. The zero-order chi connectivity index (χ0) is 14.9. The lowest BCUT2D eigenvalue weighted by Gasteiger charge is -2.07. The number of furan rings is 1. The molecule has 1 fully saturated rings. The summed E-state index contributed by atoms with van der Waals surface area (Å²) in [5.74, 6) is 0.619. The first-order chi connectivity index (χ1) is 10.0. The van der Waals surface area contributed by atoms with Gasteiger partial charge in [-0.1, -0.05) is 0 Å². The number of aryl methyl sites for hydroxylation is 1. The molecule has 2 heterocycles. The van der Waals surface area contributed by atoms with Crippen molar-refractivity contribution in [3.8, 4) is 0 Å². The first-order valence-corrected chi connectivity index (χ1v) is 8.28. The third-order valence-corrected chi connectivity index (χ3v) is 4.55. The first-order valence-electron chi connectivity index (χ1n) is 6.80. The van der Waals surface area contributed by atoms with Crippen LogP contribution in [0, 0.1) is 6.92 Å². The van der Waals surface area contributed by atoms with Gasteiger partial charge in [0.15, 0.2) is 0 Å².